The molecule has 0 saturated carbocycles. The number of nitrogens with zero attached hydrogens (tertiary/aromatic N) is 3. The summed E-state index contributed by atoms with van der Waals surface area (Å²) in [6, 6.07) is 56.1. The molecule has 0 saturated heterocycles. The monoisotopic (exact) mass is 605 g/mol. The molecule has 3 nitrogen and oxygen atoms in total. The largest absolute Gasteiger partial charge is 0.309 e. The Morgan fingerprint density at radius 2 is 1.17 bits per heavy atom. The van der Waals surface area contributed by atoms with Crippen molar-refractivity contribution in [2.45, 2.75) is 0 Å². The topological polar surface area (TPSA) is 30.7 Å². The van der Waals surface area contributed by atoms with Gasteiger partial charge in [0.15, 0.2) is 0 Å². The Labute approximate surface area is 270 Å². The van der Waals surface area contributed by atoms with Gasteiger partial charge in [-0.1, -0.05) is 115 Å². The molecule has 0 unspecified atom stereocenters. The predicted molar refractivity (Wildman–Crippen MR) is 193 cm³/mol. The van der Waals surface area contributed by atoms with Gasteiger partial charge in [-0.25, -0.2) is 4.98 Å². The summed E-state index contributed by atoms with van der Waals surface area (Å²) in [5, 5.41) is 3.47. The molecule has 0 aliphatic rings. The summed E-state index contributed by atoms with van der Waals surface area (Å²) in [5.41, 5.74) is 12.3. The number of hydrogen-bond donors (Lipinski definition) is 0. The van der Waals surface area contributed by atoms with Crippen LogP contribution in [-0.4, -0.2) is 14.5 Å². The van der Waals surface area contributed by atoms with Crippen LogP contribution in [-0.2, 0) is 0 Å². The van der Waals surface area contributed by atoms with Crippen molar-refractivity contribution in [3.8, 4) is 49.8 Å². The lowest BCUT2D eigenvalue weighted by Crippen LogP contribution is -1.99. The van der Waals surface area contributed by atoms with E-state index in [1.807, 2.05) is 18.3 Å². The van der Waals surface area contributed by atoms with Gasteiger partial charge in [-0.15, -0.1) is 11.3 Å². The number of fused-ring (bicyclic) bond motifs is 4. The summed E-state index contributed by atoms with van der Waals surface area (Å²) in [6.07, 6.45) is 1.86. The van der Waals surface area contributed by atoms with E-state index in [2.05, 4.69) is 150 Å². The maximum Gasteiger partial charge on any atom is 0.124 e. The Morgan fingerprint density at radius 3 is 2.02 bits per heavy atom. The minimum atomic E-state index is 0.950. The first kappa shape index (κ1) is 26.6. The summed E-state index contributed by atoms with van der Waals surface area (Å²) < 4.78 is 3.62. The van der Waals surface area contributed by atoms with Crippen LogP contribution in [0.25, 0.3) is 81.8 Å². The van der Waals surface area contributed by atoms with Gasteiger partial charge < -0.3 is 4.57 Å². The molecule has 0 aliphatic carbocycles. The highest BCUT2D eigenvalue weighted by molar-refractivity contribution is 7.21. The summed E-state index contributed by atoms with van der Waals surface area (Å²) in [5.74, 6) is 0. The van der Waals surface area contributed by atoms with Gasteiger partial charge in [0.2, 0.25) is 0 Å². The van der Waals surface area contributed by atoms with E-state index >= 15 is 0 Å². The van der Waals surface area contributed by atoms with Crippen molar-refractivity contribution in [2.24, 2.45) is 0 Å². The number of pyridine rings is 1. The van der Waals surface area contributed by atoms with Gasteiger partial charge in [-0.05, 0) is 59.2 Å². The van der Waals surface area contributed by atoms with Crippen molar-refractivity contribution >= 4 is 43.4 Å². The first-order valence-electron chi connectivity index (χ1n) is 15.4. The molecule has 0 N–H and O–H groups in total. The van der Waals surface area contributed by atoms with Crippen LogP contribution >= 0.6 is 11.3 Å². The highest BCUT2D eigenvalue weighted by atomic mass is 32.1. The van der Waals surface area contributed by atoms with E-state index in [9.17, 15) is 0 Å². The van der Waals surface area contributed by atoms with Crippen molar-refractivity contribution < 1.29 is 0 Å². The van der Waals surface area contributed by atoms with Crippen LogP contribution in [0, 0.1) is 0 Å². The third-order valence-electron chi connectivity index (χ3n) is 8.72. The van der Waals surface area contributed by atoms with E-state index in [1.165, 1.54) is 32.1 Å². The van der Waals surface area contributed by atoms with Crippen LogP contribution in [0.4, 0.5) is 0 Å². The second kappa shape index (κ2) is 11.0. The van der Waals surface area contributed by atoms with E-state index in [4.69, 9.17) is 9.97 Å². The van der Waals surface area contributed by atoms with E-state index in [-0.39, 0.29) is 0 Å². The predicted octanol–water partition coefficient (Wildman–Crippen LogP) is 11.5. The number of hydrogen-bond acceptors (Lipinski definition) is 3. The molecule has 6 aromatic carbocycles. The van der Waals surface area contributed by atoms with Gasteiger partial charge in [0, 0.05) is 33.7 Å². The highest BCUT2D eigenvalue weighted by Crippen LogP contribution is 2.40. The Kier molecular flexibility index (Phi) is 6.32. The van der Waals surface area contributed by atoms with Gasteiger partial charge >= 0.3 is 0 Å². The minimum Gasteiger partial charge on any atom is -0.309 e. The molecule has 0 fully saturated rings. The lowest BCUT2D eigenvalue weighted by Gasteiger charge is -2.16. The van der Waals surface area contributed by atoms with Crippen molar-refractivity contribution in [3.05, 3.63) is 164 Å². The maximum absolute atomic E-state index is 5.00. The molecule has 4 heteroatoms. The molecular weight excluding hydrogens is 579 g/mol. The zero-order chi connectivity index (χ0) is 30.5. The lowest BCUT2D eigenvalue weighted by molar-refractivity contribution is 1.18. The zero-order valence-electron chi connectivity index (χ0n) is 24.8. The molecule has 0 amide bonds. The van der Waals surface area contributed by atoms with Crippen molar-refractivity contribution in [1.29, 1.82) is 0 Å². The zero-order valence-corrected chi connectivity index (χ0v) is 25.7. The lowest BCUT2D eigenvalue weighted by atomic mass is 9.97. The molecular formula is C42H27N3S. The molecule has 0 bridgehead atoms. The number of rotatable bonds is 5. The molecule has 9 rings (SSSR count). The fraction of sp³-hybridized carbons (Fsp3) is 0. The van der Waals surface area contributed by atoms with Crippen molar-refractivity contribution in [1.82, 2.24) is 14.5 Å². The number of benzene rings is 6. The van der Waals surface area contributed by atoms with E-state index in [0.29, 0.717) is 0 Å². The second-order valence-electron chi connectivity index (χ2n) is 11.5. The summed E-state index contributed by atoms with van der Waals surface area (Å²) >= 11 is 1.74. The average molecular weight is 606 g/mol. The van der Waals surface area contributed by atoms with Gasteiger partial charge in [-0.3, -0.25) is 4.98 Å². The van der Waals surface area contributed by atoms with Gasteiger partial charge in [-0.2, -0.15) is 0 Å². The van der Waals surface area contributed by atoms with Crippen molar-refractivity contribution in [3.63, 3.8) is 0 Å². The molecule has 216 valence electrons. The van der Waals surface area contributed by atoms with Crippen LogP contribution < -0.4 is 0 Å². The minimum absolute atomic E-state index is 0.950. The van der Waals surface area contributed by atoms with Crippen LogP contribution in [0.2, 0.25) is 0 Å². The Balaban J connectivity index is 1.29. The number of thiazole rings is 1. The molecule has 0 radical (unpaired) electrons. The molecule has 0 spiro atoms. The maximum atomic E-state index is 5.00. The Morgan fingerprint density at radius 1 is 0.478 bits per heavy atom. The van der Waals surface area contributed by atoms with E-state index in [1.54, 1.807) is 11.3 Å². The third kappa shape index (κ3) is 4.50. The van der Waals surface area contributed by atoms with Crippen LogP contribution in [0.15, 0.2) is 164 Å². The summed E-state index contributed by atoms with van der Waals surface area (Å²) in [4.78, 5) is 9.70. The molecule has 46 heavy (non-hydrogen) atoms. The fourth-order valence-corrected chi connectivity index (χ4v) is 7.45. The van der Waals surface area contributed by atoms with Crippen LogP contribution in [0.1, 0.15) is 0 Å². The quantitative estimate of drug-likeness (QED) is 0.195. The molecule has 3 heterocycles. The van der Waals surface area contributed by atoms with Crippen LogP contribution in [0.3, 0.4) is 0 Å². The normalized spacial score (nSPS) is 11.5. The molecule has 0 aliphatic heterocycles. The number of para-hydroxylation sites is 2. The van der Waals surface area contributed by atoms with E-state index in [0.717, 1.165) is 49.7 Å². The van der Waals surface area contributed by atoms with Gasteiger partial charge in [0.05, 0.1) is 32.6 Å². The third-order valence-corrected chi connectivity index (χ3v) is 9.80. The van der Waals surface area contributed by atoms with Crippen LogP contribution in [0.5, 0.6) is 0 Å². The molecule has 3 aromatic heterocycles. The molecule has 9 aromatic rings. The van der Waals surface area contributed by atoms with Gasteiger partial charge in [0.25, 0.3) is 0 Å². The smallest absolute Gasteiger partial charge is 0.124 e. The summed E-state index contributed by atoms with van der Waals surface area (Å²) in [7, 11) is 0. The average Bonchev–Trinajstić information content (AvgIpc) is 3.71. The Bertz CT molecular complexity index is 2480. The fourth-order valence-electron chi connectivity index (χ4n) is 6.49. The number of aromatic nitrogens is 3. The Hall–Kier alpha value is -5.84. The highest BCUT2D eigenvalue weighted by Gasteiger charge is 2.18. The van der Waals surface area contributed by atoms with Gasteiger partial charge in [0.1, 0.15) is 5.01 Å². The summed E-state index contributed by atoms with van der Waals surface area (Å²) in [6.45, 7) is 0. The molecule has 0 atom stereocenters. The van der Waals surface area contributed by atoms with Crippen molar-refractivity contribution in [2.75, 3.05) is 0 Å². The second-order valence-corrected chi connectivity index (χ2v) is 12.5. The first-order valence-corrected chi connectivity index (χ1v) is 16.2. The standard InChI is InChI=1S/C42H27N3S/c1-2-10-28(11-3-1)29-17-19-30(20-18-29)33-23-21-31(36-13-8-9-25-43-36)26-39(33)45-38-15-6-4-12-34(38)35-24-22-32(27-40(35)45)42-44-37-14-5-7-16-41(37)46-42/h1-27H. The van der Waals surface area contributed by atoms with E-state index < -0.39 is 0 Å². The SMILES string of the molecule is c1ccc(-c2ccc(-c3ccc(-c4ccccn4)cc3-n3c4ccccc4c4ccc(-c5nc6ccccc6s5)cc43)cc2)cc1. The first-order chi connectivity index (χ1) is 22.8.